The van der Waals surface area contributed by atoms with Crippen LogP contribution in [0.25, 0.3) is 21.6 Å². The quantitative estimate of drug-likeness (QED) is 0.606. The molecule has 0 N–H and O–H groups in total. The Bertz CT molecular complexity index is 752. The molecule has 0 radical (unpaired) electrons. The summed E-state index contributed by atoms with van der Waals surface area (Å²) in [4.78, 5) is 11.2. The molecule has 0 unspecified atom stereocenters. The van der Waals surface area contributed by atoms with Gasteiger partial charge in [-0.15, -0.1) is 11.3 Å². The minimum absolute atomic E-state index is 0.439. The van der Waals surface area contributed by atoms with Gasteiger partial charge in [0.05, 0.1) is 15.4 Å². The monoisotopic (exact) mass is 308 g/mol. The third-order valence-corrected chi connectivity index (χ3v) is 4.68. The summed E-state index contributed by atoms with van der Waals surface area (Å²) in [5.41, 5.74) is 0.700. The highest BCUT2D eigenvalue weighted by molar-refractivity contribution is 7.15. The van der Waals surface area contributed by atoms with Gasteiger partial charge in [-0.1, -0.05) is 36.2 Å². The van der Waals surface area contributed by atoms with Gasteiger partial charge in [0.15, 0.2) is 5.82 Å². The molecule has 3 rings (SSSR count). The lowest BCUT2D eigenvalue weighted by molar-refractivity contribution is 1.19. The number of halogens is 2. The second-order valence-electron chi connectivity index (χ2n) is 4.09. The van der Waals surface area contributed by atoms with Gasteiger partial charge >= 0.3 is 0 Å². The number of aromatic nitrogens is 2. The Labute approximate surface area is 125 Å². The summed E-state index contributed by atoms with van der Waals surface area (Å²) < 4.78 is 0. The third kappa shape index (κ3) is 2.34. The van der Waals surface area contributed by atoms with Crippen LogP contribution >= 0.6 is 34.5 Å². The minimum Gasteiger partial charge on any atom is -0.226 e. The molecule has 0 bridgehead atoms. The minimum atomic E-state index is 0.439. The fourth-order valence-electron chi connectivity index (χ4n) is 1.88. The number of fused-ring (bicyclic) bond motifs is 1. The summed E-state index contributed by atoms with van der Waals surface area (Å²) in [7, 11) is 0. The van der Waals surface area contributed by atoms with Gasteiger partial charge in [0, 0.05) is 10.3 Å². The molecule has 0 aliphatic heterocycles. The van der Waals surface area contributed by atoms with E-state index in [1.54, 1.807) is 11.3 Å². The van der Waals surface area contributed by atoms with E-state index in [4.69, 9.17) is 23.2 Å². The molecule has 96 valence electrons. The third-order valence-electron chi connectivity index (χ3n) is 2.86. The van der Waals surface area contributed by atoms with Gasteiger partial charge in [-0.05, 0) is 30.7 Å². The van der Waals surface area contributed by atoms with E-state index in [0.717, 1.165) is 16.7 Å². The topological polar surface area (TPSA) is 25.8 Å². The maximum atomic E-state index is 6.22. The number of aryl methyl sites for hydroxylation is 1. The first-order chi connectivity index (χ1) is 9.19. The summed E-state index contributed by atoms with van der Waals surface area (Å²) in [6, 6.07) is 9.65. The van der Waals surface area contributed by atoms with Crippen molar-refractivity contribution in [2.24, 2.45) is 0 Å². The molecule has 0 amide bonds. The summed E-state index contributed by atoms with van der Waals surface area (Å²) in [6.45, 7) is 2.13. The van der Waals surface area contributed by atoms with Gasteiger partial charge in [-0.2, -0.15) is 0 Å². The zero-order chi connectivity index (χ0) is 13.4. The molecule has 2 nitrogen and oxygen atoms in total. The Balaban J connectivity index is 2.22. The molecule has 5 heteroatoms. The Kier molecular flexibility index (Phi) is 3.44. The predicted molar refractivity (Wildman–Crippen MR) is 82.2 cm³/mol. The fraction of sp³-hybridized carbons (Fsp3) is 0.143. The number of para-hydroxylation sites is 1. The summed E-state index contributed by atoms with van der Waals surface area (Å²) in [5.74, 6) is 0.635. The number of benzene rings is 1. The predicted octanol–water partition coefficient (Wildman–Crippen LogP) is 5.23. The first-order valence-electron chi connectivity index (χ1n) is 5.90. The highest BCUT2D eigenvalue weighted by Crippen LogP contribution is 2.31. The molecule has 0 saturated heterocycles. The van der Waals surface area contributed by atoms with Crippen molar-refractivity contribution in [3.63, 3.8) is 0 Å². The van der Waals surface area contributed by atoms with Gasteiger partial charge in [0.2, 0.25) is 0 Å². The summed E-state index contributed by atoms with van der Waals surface area (Å²) in [6.07, 6.45) is 1.01. The van der Waals surface area contributed by atoms with Gasteiger partial charge < -0.3 is 0 Å². The second kappa shape index (κ2) is 5.08. The van der Waals surface area contributed by atoms with Gasteiger partial charge in [0.25, 0.3) is 0 Å². The van der Waals surface area contributed by atoms with Crippen molar-refractivity contribution in [2.45, 2.75) is 13.3 Å². The Morgan fingerprint density at radius 1 is 1.11 bits per heavy atom. The van der Waals surface area contributed by atoms with Crippen LogP contribution in [-0.2, 0) is 6.42 Å². The Morgan fingerprint density at radius 3 is 2.68 bits per heavy atom. The Morgan fingerprint density at radius 2 is 1.95 bits per heavy atom. The molecule has 0 atom stereocenters. The Hall–Kier alpha value is -1.16. The van der Waals surface area contributed by atoms with Crippen LogP contribution in [0.3, 0.4) is 0 Å². The van der Waals surface area contributed by atoms with E-state index in [9.17, 15) is 0 Å². The number of rotatable bonds is 2. The largest absolute Gasteiger partial charge is 0.226 e. The van der Waals surface area contributed by atoms with Crippen LogP contribution in [0.1, 0.15) is 11.8 Å². The lowest BCUT2D eigenvalue weighted by Gasteiger charge is -2.04. The number of nitrogens with zero attached hydrogens (tertiary/aromatic N) is 2. The van der Waals surface area contributed by atoms with Gasteiger partial charge in [0.1, 0.15) is 5.15 Å². The van der Waals surface area contributed by atoms with E-state index in [1.807, 2.05) is 24.3 Å². The van der Waals surface area contributed by atoms with E-state index in [1.165, 1.54) is 4.88 Å². The number of hydrogen-bond acceptors (Lipinski definition) is 3. The van der Waals surface area contributed by atoms with Crippen LogP contribution in [0.15, 0.2) is 30.3 Å². The lowest BCUT2D eigenvalue weighted by Crippen LogP contribution is -1.90. The van der Waals surface area contributed by atoms with Crippen molar-refractivity contribution in [3.05, 3.63) is 45.4 Å². The molecule has 0 spiro atoms. The smallest absolute Gasteiger partial charge is 0.171 e. The zero-order valence-electron chi connectivity index (χ0n) is 10.2. The van der Waals surface area contributed by atoms with Gasteiger partial charge in [-0.3, -0.25) is 0 Å². The maximum absolute atomic E-state index is 6.22. The van der Waals surface area contributed by atoms with E-state index >= 15 is 0 Å². The summed E-state index contributed by atoms with van der Waals surface area (Å²) in [5, 5.41) is 1.81. The van der Waals surface area contributed by atoms with E-state index in [2.05, 4.69) is 23.0 Å². The molecule has 19 heavy (non-hydrogen) atoms. The fourth-order valence-corrected chi connectivity index (χ4v) is 3.21. The normalized spacial score (nSPS) is 11.1. The molecule has 0 aliphatic carbocycles. The molecule has 0 aliphatic rings. The number of thiophene rings is 1. The summed E-state index contributed by atoms with van der Waals surface area (Å²) >= 11 is 14.1. The van der Waals surface area contributed by atoms with Crippen molar-refractivity contribution in [2.75, 3.05) is 0 Å². The zero-order valence-corrected chi connectivity index (χ0v) is 12.5. The highest BCUT2D eigenvalue weighted by atomic mass is 35.5. The molecule has 2 aromatic heterocycles. The van der Waals surface area contributed by atoms with Crippen molar-refractivity contribution in [1.29, 1.82) is 0 Å². The van der Waals surface area contributed by atoms with Crippen molar-refractivity contribution in [3.8, 4) is 10.7 Å². The SMILES string of the molecule is CCc1ccc(-c2nc(Cl)c3cccc(Cl)c3n2)s1. The second-order valence-corrected chi connectivity index (χ2v) is 6.03. The molecule has 0 fully saturated rings. The van der Waals surface area contributed by atoms with Crippen molar-refractivity contribution < 1.29 is 0 Å². The molecular weight excluding hydrogens is 299 g/mol. The maximum Gasteiger partial charge on any atom is 0.171 e. The molecule has 1 aromatic carbocycles. The first kappa shape index (κ1) is 12.9. The van der Waals surface area contributed by atoms with Crippen LogP contribution in [0.4, 0.5) is 0 Å². The van der Waals surface area contributed by atoms with Crippen LogP contribution in [0.2, 0.25) is 10.2 Å². The van der Waals surface area contributed by atoms with E-state index < -0.39 is 0 Å². The van der Waals surface area contributed by atoms with Crippen molar-refractivity contribution >= 4 is 45.4 Å². The molecule has 0 saturated carbocycles. The van der Waals surface area contributed by atoms with Crippen LogP contribution in [0, 0.1) is 0 Å². The van der Waals surface area contributed by atoms with Crippen LogP contribution in [0.5, 0.6) is 0 Å². The average molecular weight is 309 g/mol. The highest BCUT2D eigenvalue weighted by Gasteiger charge is 2.11. The molecule has 2 heterocycles. The first-order valence-corrected chi connectivity index (χ1v) is 7.47. The van der Waals surface area contributed by atoms with E-state index in [0.29, 0.717) is 21.5 Å². The van der Waals surface area contributed by atoms with Crippen molar-refractivity contribution in [1.82, 2.24) is 9.97 Å². The van der Waals surface area contributed by atoms with Crippen LogP contribution < -0.4 is 0 Å². The molecule has 3 aromatic rings. The van der Waals surface area contributed by atoms with Crippen LogP contribution in [-0.4, -0.2) is 9.97 Å². The molecular formula is C14H10Cl2N2S. The standard InChI is InChI=1S/C14H10Cl2N2S/c1-2-8-6-7-11(19-8)14-17-12-9(13(16)18-14)4-3-5-10(12)15/h3-7H,2H2,1H3. The lowest BCUT2D eigenvalue weighted by atomic mass is 10.2. The average Bonchev–Trinajstić information content (AvgIpc) is 2.88. The van der Waals surface area contributed by atoms with E-state index in [-0.39, 0.29) is 0 Å². The number of hydrogen-bond donors (Lipinski definition) is 0. The van der Waals surface area contributed by atoms with Gasteiger partial charge in [-0.25, -0.2) is 9.97 Å².